The average molecular weight is 1430 g/mol. The average Bonchev–Trinajstić information content (AvgIpc) is 1.55. The van der Waals surface area contributed by atoms with Crippen LogP contribution in [0.4, 0.5) is 0 Å². The Morgan fingerprint density at radius 3 is 1.53 bits per heavy atom. The van der Waals surface area contributed by atoms with Crippen LogP contribution >= 0.6 is 0 Å². The van der Waals surface area contributed by atoms with Crippen molar-refractivity contribution in [1.29, 1.82) is 0 Å². The summed E-state index contributed by atoms with van der Waals surface area (Å²) in [5.74, 6) is 5.51. The van der Waals surface area contributed by atoms with Gasteiger partial charge in [-0.25, -0.2) is 0 Å². The predicted octanol–water partition coefficient (Wildman–Crippen LogP) is 7.30. The van der Waals surface area contributed by atoms with E-state index >= 15 is 0 Å². The third-order valence-corrected chi connectivity index (χ3v) is 32.4. The molecule has 16 bridgehead atoms. The van der Waals surface area contributed by atoms with E-state index in [1.807, 2.05) is 6.92 Å². The fraction of sp³-hybridized carbons (Fsp3) is 0.872. The van der Waals surface area contributed by atoms with Crippen molar-refractivity contribution in [3.8, 4) is 0 Å². The molecule has 0 spiro atoms. The van der Waals surface area contributed by atoms with E-state index in [-0.39, 0.29) is 203 Å². The van der Waals surface area contributed by atoms with E-state index in [1.165, 1.54) is 33.5 Å². The molecule has 8 saturated carbocycles. The van der Waals surface area contributed by atoms with Gasteiger partial charge in [0.15, 0.2) is 0 Å². The maximum atomic E-state index is 11.8. The Bertz CT molecular complexity index is 3260. The number of ether oxygens (including phenoxy) is 14. The monoisotopic (exact) mass is 1420 g/mol. The molecule has 102 heavy (non-hydrogen) atoms. The summed E-state index contributed by atoms with van der Waals surface area (Å²) in [4.78, 5) is 115. The molecule has 0 aromatic heterocycles. The van der Waals surface area contributed by atoms with Crippen LogP contribution in [0.5, 0.6) is 0 Å². The third-order valence-electron chi connectivity index (χ3n) is 32.4. The number of methoxy groups -OCH3 is 2. The van der Waals surface area contributed by atoms with Crippen LogP contribution in [0.1, 0.15) is 160 Å². The Morgan fingerprint density at radius 2 is 0.931 bits per heavy atom. The maximum absolute atomic E-state index is 11.8. The first-order valence-electron chi connectivity index (χ1n) is 39.0. The topological polar surface area (TPSA) is 300 Å². The zero-order valence-electron chi connectivity index (χ0n) is 61.0. The lowest BCUT2D eigenvalue weighted by molar-refractivity contribution is -0.153. The molecule has 8 aliphatic carbocycles. The number of hydrogen-bond donors (Lipinski definition) is 0. The lowest BCUT2D eigenvalue weighted by Crippen LogP contribution is -2.41. The fourth-order valence-electron chi connectivity index (χ4n) is 26.3. The molecule has 0 aromatic rings. The number of carbonyl (C=O) groups is 10. The quantitative estimate of drug-likeness (QED) is 0.193. The first-order chi connectivity index (χ1) is 48.6. The molecule has 42 atom stereocenters. The van der Waals surface area contributed by atoms with Crippen molar-refractivity contribution in [3.63, 3.8) is 0 Å². The highest BCUT2D eigenvalue weighted by atomic mass is 16.6. The van der Waals surface area contributed by atoms with Crippen LogP contribution in [0, 0.1) is 152 Å². The minimum atomic E-state index is -0.471. The molecule has 24 fully saturated rings. The Kier molecular flexibility index (Phi) is 16.7. The van der Waals surface area contributed by atoms with Gasteiger partial charge >= 0.3 is 59.7 Å². The molecule has 16 heterocycles. The van der Waals surface area contributed by atoms with Crippen LogP contribution < -0.4 is 0 Å². The largest absolute Gasteiger partial charge is 0.469 e. The molecule has 24 heteroatoms. The van der Waals surface area contributed by atoms with E-state index in [0.29, 0.717) is 77.0 Å². The van der Waals surface area contributed by atoms with E-state index in [9.17, 15) is 47.9 Å². The molecule has 16 aliphatic heterocycles. The zero-order chi connectivity index (χ0) is 71.9. The van der Waals surface area contributed by atoms with Crippen molar-refractivity contribution < 1.29 is 114 Å². The predicted molar refractivity (Wildman–Crippen MR) is 348 cm³/mol. The van der Waals surface area contributed by atoms with E-state index < -0.39 is 11.8 Å². The van der Waals surface area contributed by atoms with E-state index in [0.717, 1.165) is 82.0 Å². The van der Waals surface area contributed by atoms with Gasteiger partial charge in [-0.1, -0.05) is 75.7 Å². The Hall–Kier alpha value is -5.46. The summed E-state index contributed by atoms with van der Waals surface area (Å²) >= 11 is 0. The van der Waals surface area contributed by atoms with Gasteiger partial charge in [-0.2, -0.15) is 0 Å². The molecule has 560 valence electrons. The summed E-state index contributed by atoms with van der Waals surface area (Å²) in [6.07, 6.45) is 15.6. The summed E-state index contributed by atoms with van der Waals surface area (Å²) in [6, 6.07) is 0. The lowest BCUT2D eigenvalue weighted by atomic mass is 9.67. The van der Waals surface area contributed by atoms with Crippen LogP contribution in [0.25, 0.3) is 0 Å². The standard InChI is InChI=1S/C11H14O4.2C11H16O2.C10H12O5.C10H14O3.C9H12O2.2C8H10O3/c1-4-5-3-6-8(7(5)10(12)14-2)11(13)15-9(4)6;1-3-11(2)6-4-7-8(5-6)10(12)13-9(7)11;1-3-7-6-4-8-9(5-6)13-10(12)11(7,8)2;1-3-6-4(9(11)13-2)5-8(14-6)7(3)15-10(5)12;1-3-10(2)6-4-5-7(12-6)8(10)13-9(5)11;1-4-5-2-6-7(3-5)9(10)11-8(4)6;2*1-3-5-2-4-7(10-5)6(3)11-8(4)9/h4-9H,3H2,1-2H3;2*6-9H,3-5H2,1-2H3;3-8H,1-2H3;5-8H,3-4H2,1-2H3;4-8H,2-3H2,1H3;2*3-7H,2H2,1H3. The minimum Gasteiger partial charge on any atom is -0.469 e. The van der Waals surface area contributed by atoms with Crippen LogP contribution in [0.3, 0.4) is 0 Å². The van der Waals surface area contributed by atoms with Crippen molar-refractivity contribution in [3.05, 3.63) is 0 Å². The van der Waals surface area contributed by atoms with Gasteiger partial charge in [0.1, 0.15) is 79.2 Å². The van der Waals surface area contributed by atoms with E-state index in [4.69, 9.17) is 66.3 Å². The summed E-state index contributed by atoms with van der Waals surface area (Å²) < 4.78 is 74.7. The molecule has 0 amide bonds. The number of esters is 10. The van der Waals surface area contributed by atoms with Crippen molar-refractivity contribution in [2.75, 3.05) is 14.2 Å². The normalized spacial score (nSPS) is 55.8. The second-order valence-electron chi connectivity index (χ2n) is 35.9. The van der Waals surface area contributed by atoms with Gasteiger partial charge in [0.05, 0.1) is 91.4 Å². The van der Waals surface area contributed by atoms with Gasteiger partial charge in [-0.05, 0) is 125 Å². The Balaban J connectivity index is 0.0000000869. The van der Waals surface area contributed by atoms with Crippen molar-refractivity contribution in [2.45, 2.75) is 257 Å². The Morgan fingerprint density at radius 1 is 0.392 bits per heavy atom. The maximum Gasteiger partial charge on any atom is 0.313 e. The SMILES string of the molecule is CC1C2CC3C(=O)OC1C3C2.CC1C2CC3C(=O)OC1C3O2.CC1C2CC3C(=O)OC1C3O2.CCC1(C)C2CC3C(=O)OC1C3C2.CCC1(C)C2CC3C(=O)OC1C3O2.CCC1C2CC3OC(=O)C1(C)C3C2.COC(=O)C1C2CC3C(OC(=O)C31)C2C.COC(=O)C1C2OC3C(OC(=O)C31)C2C. The van der Waals surface area contributed by atoms with Crippen molar-refractivity contribution >= 4 is 59.7 Å². The van der Waals surface area contributed by atoms with Gasteiger partial charge in [-0.3, -0.25) is 47.9 Å². The van der Waals surface area contributed by atoms with Gasteiger partial charge < -0.3 is 66.3 Å². The van der Waals surface area contributed by atoms with Crippen LogP contribution in [-0.2, 0) is 114 Å². The lowest BCUT2D eigenvalue weighted by Gasteiger charge is -2.35. The molecular weight excluding hydrogens is 1320 g/mol. The third kappa shape index (κ3) is 9.67. The number of hydrogen-bond acceptors (Lipinski definition) is 24. The van der Waals surface area contributed by atoms with Crippen LogP contribution in [0.2, 0.25) is 0 Å². The minimum absolute atomic E-state index is 0.0327. The highest BCUT2D eigenvalue weighted by molar-refractivity contribution is 5.87. The summed E-state index contributed by atoms with van der Waals surface area (Å²) in [7, 11) is 2.72. The second-order valence-corrected chi connectivity index (χ2v) is 35.9. The van der Waals surface area contributed by atoms with Crippen molar-refractivity contribution in [2.24, 2.45) is 152 Å². The zero-order valence-corrected chi connectivity index (χ0v) is 61.0. The molecule has 24 aliphatic rings. The number of rotatable bonds is 5. The van der Waals surface area contributed by atoms with Gasteiger partial charge in [-0.15, -0.1) is 0 Å². The summed E-state index contributed by atoms with van der Waals surface area (Å²) in [5.41, 5.74) is 0.267. The van der Waals surface area contributed by atoms with Gasteiger partial charge in [0.25, 0.3) is 0 Å². The smallest absolute Gasteiger partial charge is 0.313 e. The van der Waals surface area contributed by atoms with E-state index in [1.54, 1.807) is 0 Å². The first kappa shape index (κ1) is 69.6. The second kappa shape index (κ2) is 24.5. The van der Waals surface area contributed by atoms with E-state index in [2.05, 4.69) is 69.2 Å². The van der Waals surface area contributed by atoms with Crippen LogP contribution in [-0.4, -0.2) is 172 Å². The summed E-state index contributed by atoms with van der Waals surface area (Å²) in [5, 5.41) is 0. The number of carbonyl (C=O) groups excluding carboxylic acids is 10. The number of fused-ring (bicyclic) bond motifs is 8. The Labute approximate surface area is 595 Å². The molecule has 16 saturated heterocycles. The summed E-state index contributed by atoms with van der Waals surface area (Å²) in [6.45, 7) is 23.6. The molecule has 0 radical (unpaired) electrons. The van der Waals surface area contributed by atoms with Crippen molar-refractivity contribution in [1.82, 2.24) is 0 Å². The molecule has 24 rings (SSSR count). The highest BCUT2D eigenvalue weighted by Gasteiger charge is 2.73. The molecular formula is C78H104O24. The highest BCUT2D eigenvalue weighted by Crippen LogP contribution is 2.67. The molecule has 24 nitrogen and oxygen atoms in total. The molecule has 42 unspecified atom stereocenters. The molecule has 0 N–H and O–H groups in total. The first-order valence-corrected chi connectivity index (χ1v) is 39.0. The molecule has 0 aromatic carbocycles. The fourth-order valence-corrected chi connectivity index (χ4v) is 26.3. The van der Waals surface area contributed by atoms with Gasteiger partial charge in [0, 0.05) is 52.3 Å². The van der Waals surface area contributed by atoms with Gasteiger partial charge in [0.2, 0.25) is 0 Å². The van der Waals surface area contributed by atoms with Crippen LogP contribution in [0.15, 0.2) is 0 Å².